The molecule has 2 aromatic carbocycles. The largest absolute Gasteiger partial charge is 0.508 e. The van der Waals surface area contributed by atoms with Gasteiger partial charge in [0, 0.05) is 15.7 Å². The number of rotatable bonds is 4. The van der Waals surface area contributed by atoms with Crippen molar-refractivity contribution in [1.29, 1.82) is 5.26 Å². The number of hydrogen-bond donors (Lipinski definition) is 2. The third kappa shape index (κ3) is 3.47. The molecule has 1 unspecified atom stereocenters. The van der Waals surface area contributed by atoms with Gasteiger partial charge in [-0.2, -0.15) is 5.26 Å². The van der Waals surface area contributed by atoms with E-state index >= 15 is 0 Å². The highest BCUT2D eigenvalue weighted by atomic mass is 79.9. The summed E-state index contributed by atoms with van der Waals surface area (Å²) in [5, 5.41) is 22.1. The van der Waals surface area contributed by atoms with Gasteiger partial charge in [0.15, 0.2) is 0 Å². The third-order valence-electron chi connectivity index (χ3n) is 3.17. The van der Waals surface area contributed by atoms with E-state index in [4.69, 9.17) is 10.00 Å². The maximum atomic E-state index is 9.98. The first-order valence-corrected chi connectivity index (χ1v) is 7.17. The molecule has 0 fully saturated rings. The zero-order valence-electron chi connectivity index (χ0n) is 11.7. The average Bonchev–Trinajstić information content (AvgIpc) is 2.49. The molecule has 0 spiro atoms. The van der Waals surface area contributed by atoms with Crippen LogP contribution in [0.1, 0.15) is 24.1 Å². The van der Waals surface area contributed by atoms with E-state index in [-0.39, 0.29) is 11.8 Å². The highest BCUT2D eigenvalue weighted by Gasteiger charge is 2.13. The SMILES string of the molecule is COc1ccc(O)c(C(C)Nc2ccc(C#N)cc2Br)c1. The molecule has 2 aromatic rings. The summed E-state index contributed by atoms with van der Waals surface area (Å²) in [6, 6.07) is 12.4. The fraction of sp³-hybridized carbons (Fsp3) is 0.188. The minimum Gasteiger partial charge on any atom is -0.508 e. The van der Waals surface area contributed by atoms with Crippen molar-refractivity contribution >= 4 is 21.6 Å². The van der Waals surface area contributed by atoms with Crippen molar-refractivity contribution in [3.8, 4) is 17.6 Å². The summed E-state index contributed by atoms with van der Waals surface area (Å²) in [6.45, 7) is 1.94. The van der Waals surface area contributed by atoms with Crippen LogP contribution >= 0.6 is 15.9 Å². The monoisotopic (exact) mass is 346 g/mol. The number of nitrogens with one attached hydrogen (secondary N) is 1. The second-order valence-electron chi connectivity index (χ2n) is 4.60. The fourth-order valence-electron chi connectivity index (χ4n) is 2.02. The van der Waals surface area contributed by atoms with Gasteiger partial charge in [0.1, 0.15) is 11.5 Å². The molecule has 108 valence electrons. The van der Waals surface area contributed by atoms with E-state index in [1.807, 2.05) is 13.0 Å². The van der Waals surface area contributed by atoms with Crippen molar-refractivity contribution < 1.29 is 9.84 Å². The summed E-state index contributed by atoms with van der Waals surface area (Å²) < 4.78 is 5.98. The van der Waals surface area contributed by atoms with Crippen LogP contribution < -0.4 is 10.1 Å². The number of anilines is 1. The van der Waals surface area contributed by atoms with E-state index in [0.29, 0.717) is 11.3 Å². The minimum absolute atomic E-state index is 0.121. The number of benzene rings is 2. The Bertz CT molecular complexity index is 695. The number of methoxy groups -OCH3 is 1. The Morgan fingerprint density at radius 3 is 2.67 bits per heavy atom. The van der Waals surface area contributed by atoms with E-state index in [1.165, 1.54) is 0 Å². The van der Waals surface area contributed by atoms with Gasteiger partial charge in [0.25, 0.3) is 0 Å². The minimum atomic E-state index is -0.121. The van der Waals surface area contributed by atoms with Gasteiger partial charge in [-0.3, -0.25) is 0 Å². The lowest BCUT2D eigenvalue weighted by Crippen LogP contribution is -2.07. The highest BCUT2D eigenvalue weighted by Crippen LogP contribution is 2.32. The Kier molecular flexibility index (Phi) is 4.71. The summed E-state index contributed by atoms with van der Waals surface area (Å²) in [5.41, 5.74) is 2.18. The molecule has 1 atom stereocenters. The van der Waals surface area contributed by atoms with Crippen LogP contribution in [0.2, 0.25) is 0 Å². The maximum Gasteiger partial charge on any atom is 0.121 e. The summed E-state index contributed by atoms with van der Waals surface area (Å²) in [4.78, 5) is 0. The lowest BCUT2D eigenvalue weighted by molar-refractivity contribution is 0.410. The Morgan fingerprint density at radius 2 is 2.05 bits per heavy atom. The van der Waals surface area contributed by atoms with Gasteiger partial charge in [-0.25, -0.2) is 0 Å². The molecule has 5 heteroatoms. The normalized spacial score (nSPS) is 11.5. The Labute approximate surface area is 132 Å². The molecular weight excluding hydrogens is 332 g/mol. The van der Waals surface area contributed by atoms with Crippen molar-refractivity contribution in [2.24, 2.45) is 0 Å². The molecule has 0 heterocycles. The molecule has 4 nitrogen and oxygen atoms in total. The molecule has 0 saturated heterocycles. The molecule has 2 N–H and O–H groups in total. The van der Waals surface area contributed by atoms with Crippen molar-refractivity contribution in [1.82, 2.24) is 0 Å². The van der Waals surface area contributed by atoms with E-state index in [2.05, 4.69) is 27.3 Å². The van der Waals surface area contributed by atoms with Gasteiger partial charge in [-0.05, 0) is 59.3 Å². The molecule has 0 aromatic heterocycles. The summed E-state index contributed by atoms with van der Waals surface area (Å²) in [7, 11) is 1.59. The number of ether oxygens (including phenoxy) is 1. The number of phenols is 1. The molecular formula is C16H15BrN2O2. The van der Waals surface area contributed by atoms with Crippen molar-refractivity contribution in [2.75, 3.05) is 12.4 Å². The molecule has 0 amide bonds. The van der Waals surface area contributed by atoms with Gasteiger partial charge >= 0.3 is 0 Å². The van der Waals surface area contributed by atoms with Crippen LogP contribution in [-0.2, 0) is 0 Å². The second-order valence-corrected chi connectivity index (χ2v) is 5.45. The molecule has 2 rings (SSSR count). The molecule has 0 aliphatic heterocycles. The van der Waals surface area contributed by atoms with Crippen LogP contribution in [0.3, 0.4) is 0 Å². The molecule has 0 aliphatic rings. The third-order valence-corrected chi connectivity index (χ3v) is 3.83. The average molecular weight is 347 g/mol. The number of nitriles is 1. The zero-order chi connectivity index (χ0) is 15.4. The Morgan fingerprint density at radius 1 is 1.29 bits per heavy atom. The second kappa shape index (κ2) is 6.51. The first-order valence-electron chi connectivity index (χ1n) is 6.38. The molecule has 0 saturated carbocycles. The molecule has 0 bridgehead atoms. The Hall–Kier alpha value is -2.19. The summed E-state index contributed by atoms with van der Waals surface area (Å²) >= 11 is 3.43. The van der Waals surface area contributed by atoms with Gasteiger partial charge in [0.05, 0.1) is 24.8 Å². The van der Waals surface area contributed by atoms with Crippen molar-refractivity contribution in [3.05, 3.63) is 52.0 Å². The van der Waals surface area contributed by atoms with Gasteiger partial charge in [-0.1, -0.05) is 0 Å². The van der Waals surface area contributed by atoms with Crippen LogP contribution in [0, 0.1) is 11.3 Å². The highest BCUT2D eigenvalue weighted by molar-refractivity contribution is 9.10. The summed E-state index contributed by atoms with van der Waals surface area (Å²) in [6.07, 6.45) is 0. The van der Waals surface area contributed by atoms with E-state index in [9.17, 15) is 5.11 Å². The Balaban J connectivity index is 2.26. The fourth-order valence-corrected chi connectivity index (χ4v) is 2.51. The van der Waals surface area contributed by atoms with Gasteiger partial charge < -0.3 is 15.2 Å². The standard InChI is InChI=1S/C16H15BrN2O2/c1-10(13-8-12(21-2)4-6-16(13)20)19-15-5-3-11(9-18)7-14(15)17/h3-8,10,19-20H,1-2H3. The maximum absolute atomic E-state index is 9.98. The van der Waals surface area contributed by atoms with Crippen LogP contribution in [0.5, 0.6) is 11.5 Å². The van der Waals surface area contributed by atoms with Crippen molar-refractivity contribution in [2.45, 2.75) is 13.0 Å². The zero-order valence-corrected chi connectivity index (χ0v) is 13.3. The number of phenolic OH excluding ortho intramolecular Hbond substituents is 1. The lowest BCUT2D eigenvalue weighted by atomic mass is 10.1. The van der Waals surface area contributed by atoms with Gasteiger partial charge in [-0.15, -0.1) is 0 Å². The van der Waals surface area contributed by atoms with E-state index in [0.717, 1.165) is 15.7 Å². The van der Waals surface area contributed by atoms with E-state index in [1.54, 1.807) is 37.4 Å². The first kappa shape index (κ1) is 15.2. The van der Waals surface area contributed by atoms with Crippen LogP contribution in [0.4, 0.5) is 5.69 Å². The number of hydrogen-bond acceptors (Lipinski definition) is 4. The van der Waals surface area contributed by atoms with E-state index < -0.39 is 0 Å². The topological polar surface area (TPSA) is 65.3 Å². The van der Waals surface area contributed by atoms with Gasteiger partial charge in [0.2, 0.25) is 0 Å². The quantitative estimate of drug-likeness (QED) is 0.870. The number of halogens is 1. The molecule has 21 heavy (non-hydrogen) atoms. The van der Waals surface area contributed by atoms with Crippen LogP contribution in [0.15, 0.2) is 40.9 Å². The number of nitrogens with zero attached hydrogens (tertiary/aromatic N) is 1. The predicted octanol–water partition coefficient (Wildman–Crippen LogP) is 4.21. The smallest absolute Gasteiger partial charge is 0.121 e. The molecule has 0 radical (unpaired) electrons. The van der Waals surface area contributed by atoms with Crippen LogP contribution in [-0.4, -0.2) is 12.2 Å². The first-order chi connectivity index (χ1) is 10.0. The predicted molar refractivity (Wildman–Crippen MR) is 85.6 cm³/mol. The molecule has 0 aliphatic carbocycles. The summed E-state index contributed by atoms with van der Waals surface area (Å²) in [5.74, 6) is 0.899. The van der Waals surface area contributed by atoms with Crippen LogP contribution in [0.25, 0.3) is 0 Å². The number of aromatic hydroxyl groups is 1. The van der Waals surface area contributed by atoms with Crippen molar-refractivity contribution in [3.63, 3.8) is 0 Å². The lowest BCUT2D eigenvalue weighted by Gasteiger charge is -2.18.